The van der Waals surface area contributed by atoms with Gasteiger partial charge in [-0.3, -0.25) is 0 Å². The van der Waals surface area contributed by atoms with Crippen molar-refractivity contribution in [2.45, 2.75) is 33.7 Å². The lowest BCUT2D eigenvalue weighted by molar-refractivity contribution is 0.626. The first-order valence-corrected chi connectivity index (χ1v) is 7.41. The predicted octanol–water partition coefficient (Wildman–Crippen LogP) is 4.37. The number of thiophene rings is 1. The summed E-state index contributed by atoms with van der Waals surface area (Å²) in [6.07, 6.45) is 0. The van der Waals surface area contributed by atoms with Crippen LogP contribution in [0.5, 0.6) is 0 Å². The highest BCUT2D eigenvalue weighted by atomic mass is 32.1. The van der Waals surface area contributed by atoms with Crippen molar-refractivity contribution < 1.29 is 0 Å². The second kappa shape index (κ2) is 5.68. The van der Waals surface area contributed by atoms with Gasteiger partial charge in [-0.15, -0.1) is 0 Å². The highest BCUT2D eigenvalue weighted by molar-refractivity contribution is 7.08. The van der Waals surface area contributed by atoms with Crippen LogP contribution in [0.3, 0.4) is 0 Å². The fourth-order valence-electron chi connectivity index (χ4n) is 2.41. The first-order valence-electron chi connectivity index (χ1n) is 6.46. The molecule has 2 aromatic rings. The zero-order chi connectivity index (χ0) is 13.1. The molecule has 0 fully saturated rings. The van der Waals surface area contributed by atoms with E-state index in [0.29, 0.717) is 6.04 Å². The standard InChI is InChI=1S/C16H21NS/c1-5-17-16(15-10-18-9-13(15)4)14-7-6-11(2)8-12(14)3/h6-10,16-17H,5H2,1-4H3. The molecule has 1 nitrogen and oxygen atoms in total. The summed E-state index contributed by atoms with van der Waals surface area (Å²) >= 11 is 1.78. The molecule has 2 heteroatoms. The summed E-state index contributed by atoms with van der Waals surface area (Å²) in [5.41, 5.74) is 6.88. The van der Waals surface area contributed by atoms with Gasteiger partial charge < -0.3 is 5.32 Å². The van der Waals surface area contributed by atoms with Crippen LogP contribution in [-0.2, 0) is 0 Å². The van der Waals surface area contributed by atoms with Crippen LogP contribution < -0.4 is 5.32 Å². The SMILES string of the molecule is CCNC(c1ccc(C)cc1C)c1cscc1C. The third-order valence-electron chi connectivity index (χ3n) is 3.35. The van der Waals surface area contributed by atoms with E-state index < -0.39 is 0 Å². The lowest BCUT2D eigenvalue weighted by atomic mass is 9.93. The molecule has 0 aliphatic carbocycles. The maximum absolute atomic E-state index is 3.61. The summed E-state index contributed by atoms with van der Waals surface area (Å²) in [6, 6.07) is 7.05. The monoisotopic (exact) mass is 259 g/mol. The largest absolute Gasteiger partial charge is 0.306 e. The third kappa shape index (κ3) is 2.65. The van der Waals surface area contributed by atoms with Crippen LogP contribution in [0.15, 0.2) is 29.0 Å². The van der Waals surface area contributed by atoms with Crippen LogP contribution in [0.1, 0.15) is 40.8 Å². The Kier molecular flexibility index (Phi) is 4.20. The Morgan fingerprint density at radius 3 is 2.39 bits per heavy atom. The molecule has 1 N–H and O–H groups in total. The zero-order valence-corrected chi connectivity index (χ0v) is 12.4. The molecule has 0 spiro atoms. The summed E-state index contributed by atoms with van der Waals surface area (Å²) in [7, 11) is 0. The Hall–Kier alpha value is -1.12. The van der Waals surface area contributed by atoms with Gasteiger partial charge in [0.25, 0.3) is 0 Å². The minimum atomic E-state index is 0.321. The summed E-state index contributed by atoms with van der Waals surface area (Å²) < 4.78 is 0. The second-order valence-electron chi connectivity index (χ2n) is 4.86. The minimum Gasteiger partial charge on any atom is -0.306 e. The van der Waals surface area contributed by atoms with Crippen molar-refractivity contribution in [2.75, 3.05) is 6.54 Å². The molecule has 0 amide bonds. The highest BCUT2D eigenvalue weighted by Gasteiger charge is 2.17. The number of hydrogen-bond acceptors (Lipinski definition) is 2. The van der Waals surface area contributed by atoms with Crippen molar-refractivity contribution in [1.29, 1.82) is 0 Å². The molecular weight excluding hydrogens is 238 g/mol. The topological polar surface area (TPSA) is 12.0 Å². The van der Waals surface area contributed by atoms with E-state index in [1.807, 2.05) is 0 Å². The van der Waals surface area contributed by atoms with E-state index in [1.165, 1.54) is 27.8 Å². The van der Waals surface area contributed by atoms with Crippen molar-refractivity contribution in [2.24, 2.45) is 0 Å². The Balaban J connectivity index is 2.45. The molecule has 2 rings (SSSR count). The van der Waals surface area contributed by atoms with Crippen molar-refractivity contribution in [3.05, 3.63) is 56.8 Å². The van der Waals surface area contributed by atoms with E-state index in [1.54, 1.807) is 11.3 Å². The first-order chi connectivity index (χ1) is 8.63. The summed E-state index contributed by atoms with van der Waals surface area (Å²) in [5, 5.41) is 8.10. The Morgan fingerprint density at radius 2 is 1.83 bits per heavy atom. The molecule has 1 aromatic carbocycles. The fraction of sp³-hybridized carbons (Fsp3) is 0.375. The molecular formula is C16H21NS. The average Bonchev–Trinajstić information content (AvgIpc) is 2.73. The molecule has 1 unspecified atom stereocenters. The average molecular weight is 259 g/mol. The molecule has 18 heavy (non-hydrogen) atoms. The van der Waals surface area contributed by atoms with Crippen molar-refractivity contribution in [1.82, 2.24) is 5.32 Å². The Morgan fingerprint density at radius 1 is 1.06 bits per heavy atom. The normalized spacial score (nSPS) is 12.7. The molecule has 0 saturated carbocycles. The van der Waals surface area contributed by atoms with E-state index in [0.717, 1.165) is 6.54 Å². The fourth-order valence-corrected chi connectivity index (χ4v) is 3.28. The number of hydrogen-bond donors (Lipinski definition) is 1. The molecule has 0 aliphatic rings. The molecule has 0 aliphatic heterocycles. The van der Waals surface area contributed by atoms with Crippen LogP contribution in [0.4, 0.5) is 0 Å². The summed E-state index contributed by atoms with van der Waals surface area (Å²) in [6.45, 7) is 9.69. The number of rotatable bonds is 4. The van der Waals surface area contributed by atoms with Crippen molar-refractivity contribution in [3.8, 4) is 0 Å². The van der Waals surface area contributed by atoms with Crippen LogP contribution in [-0.4, -0.2) is 6.54 Å². The maximum Gasteiger partial charge on any atom is 0.0590 e. The molecule has 0 bridgehead atoms. The number of aryl methyl sites for hydroxylation is 3. The minimum absolute atomic E-state index is 0.321. The van der Waals surface area contributed by atoms with Gasteiger partial charge in [-0.25, -0.2) is 0 Å². The smallest absolute Gasteiger partial charge is 0.0590 e. The molecule has 1 aromatic heterocycles. The van der Waals surface area contributed by atoms with Crippen LogP contribution >= 0.6 is 11.3 Å². The van der Waals surface area contributed by atoms with Crippen LogP contribution in [0.25, 0.3) is 0 Å². The maximum atomic E-state index is 3.61. The summed E-state index contributed by atoms with van der Waals surface area (Å²) in [4.78, 5) is 0. The Labute approximate surface area is 114 Å². The van der Waals surface area contributed by atoms with Crippen molar-refractivity contribution in [3.63, 3.8) is 0 Å². The highest BCUT2D eigenvalue weighted by Crippen LogP contribution is 2.29. The van der Waals surface area contributed by atoms with E-state index >= 15 is 0 Å². The van der Waals surface area contributed by atoms with E-state index in [-0.39, 0.29) is 0 Å². The van der Waals surface area contributed by atoms with Gasteiger partial charge in [0.2, 0.25) is 0 Å². The molecule has 96 valence electrons. The lowest BCUT2D eigenvalue weighted by Gasteiger charge is -2.21. The molecule has 0 saturated heterocycles. The van der Waals surface area contributed by atoms with E-state index in [9.17, 15) is 0 Å². The second-order valence-corrected chi connectivity index (χ2v) is 5.60. The first kappa shape index (κ1) is 13.3. The predicted molar refractivity (Wildman–Crippen MR) is 80.5 cm³/mol. The Bertz CT molecular complexity index is 528. The van der Waals surface area contributed by atoms with Crippen LogP contribution in [0.2, 0.25) is 0 Å². The van der Waals surface area contributed by atoms with Crippen LogP contribution in [0, 0.1) is 20.8 Å². The van der Waals surface area contributed by atoms with Gasteiger partial charge in [0.1, 0.15) is 0 Å². The number of nitrogens with one attached hydrogen (secondary N) is 1. The van der Waals surface area contributed by atoms with Crippen molar-refractivity contribution >= 4 is 11.3 Å². The van der Waals surface area contributed by atoms with E-state index in [2.05, 4.69) is 62.0 Å². The van der Waals surface area contributed by atoms with Gasteiger partial charge in [0, 0.05) is 0 Å². The number of benzene rings is 1. The lowest BCUT2D eigenvalue weighted by Crippen LogP contribution is -2.23. The van der Waals surface area contributed by atoms with Gasteiger partial charge in [-0.1, -0.05) is 30.7 Å². The van der Waals surface area contributed by atoms with Gasteiger partial charge in [-0.05, 0) is 60.3 Å². The molecule has 1 atom stereocenters. The van der Waals surface area contributed by atoms with Gasteiger partial charge in [0.05, 0.1) is 6.04 Å². The zero-order valence-electron chi connectivity index (χ0n) is 11.6. The summed E-state index contributed by atoms with van der Waals surface area (Å²) in [5.74, 6) is 0. The molecule has 1 heterocycles. The van der Waals surface area contributed by atoms with Gasteiger partial charge >= 0.3 is 0 Å². The van der Waals surface area contributed by atoms with Gasteiger partial charge in [0.15, 0.2) is 0 Å². The third-order valence-corrected chi connectivity index (χ3v) is 4.23. The quantitative estimate of drug-likeness (QED) is 0.859. The molecule has 0 radical (unpaired) electrons. The van der Waals surface area contributed by atoms with E-state index in [4.69, 9.17) is 0 Å². The van der Waals surface area contributed by atoms with Gasteiger partial charge in [-0.2, -0.15) is 11.3 Å².